The molecule has 15 heavy (non-hydrogen) atoms. The zero-order valence-electron chi connectivity index (χ0n) is 7.69. The molecule has 9 heteroatoms. The molecule has 0 amide bonds. The first-order valence-electron chi connectivity index (χ1n) is 3.01. The van der Waals surface area contributed by atoms with E-state index in [1.165, 1.54) is 0 Å². The molecule has 1 atom stereocenters. The fourth-order valence-electron chi connectivity index (χ4n) is 0.698. The van der Waals surface area contributed by atoms with Crippen molar-refractivity contribution in [3.8, 4) is 0 Å². The predicted molar refractivity (Wildman–Crippen MR) is 36.3 cm³/mol. The minimum absolute atomic E-state index is 0. The van der Waals surface area contributed by atoms with Gasteiger partial charge in [0, 0.05) is 111 Å². The van der Waals surface area contributed by atoms with E-state index in [0.29, 0.717) is 6.42 Å². The van der Waals surface area contributed by atoms with Crippen molar-refractivity contribution in [2.75, 3.05) is 0 Å². The zero-order chi connectivity index (χ0) is 7.40. The van der Waals surface area contributed by atoms with Crippen molar-refractivity contribution in [3.05, 3.63) is 18.2 Å². The molecular formula is C6H9N3OV5. The van der Waals surface area contributed by atoms with E-state index < -0.39 is 6.04 Å². The average Bonchev–Trinajstić information content (AvgIpc) is 2.40. The van der Waals surface area contributed by atoms with Gasteiger partial charge in [-0.25, -0.2) is 4.98 Å². The van der Waals surface area contributed by atoms with Crippen molar-refractivity contribution in [1.29, 1.82) is 0 Å². The number of imidazole rings is 1. The van der Waals surface area contributed by atoms with Gasteiger partial charge in [0.05, 0.1) is 12.4 Å². The van der Waals surface area contributed by atoms with Gasteiger partial charge in [0.2, 0.25) is 0 Å². The van der Waals surface area contributed by atoms with Crippen LogP contribution in [0.2, 0.25) is 0 Å². The number of rotatable bonds is 3. The second-order valence-electron chi connectivity index (χ2n) is 2.08. The normalized spacial score (nSPS) is 8.60. The quantitative estimate of drug-likeness (QED) is 0.678. The summed E-state index contributed by atoms with van der Waals surface area (Å²) in [5.74, 6) is 0. The van der Waals surface area contributed by atoms with Crippen LogP contribution < -0.4 is 5.73 Å². The third kappa shape index (κ3) is 13.7. The smallest absolute Gasteiger partial charge is 0.137 e. The molecule has 1 aromatic heterocycles. The number of carbonyl (C=O) groups is 1. The molecular weight excluding hydrogens is 385 g/mol. The Morgan fingerprint density at radius 3 is 2.20 bits per heavy atom. The second kappa shape index (κ2) is 18.1. The van der Waals surface area contributed by atoms with E-state index in [1.54, 1.807) is 12.5 Å². The SMILES string of the molecule is N[C@@H](C=O)Cc1cnc[nH]1.[V].[V].[V].[V].[V]. The summed E-state index contributed by atoms with van der Waals surface area (Å²) in [6, 6.07) is -0.416. The number of aromatic amines is 1. The van der Waals surface area contributed by atoms with E-state index >= 15 is 0 Å². The van der Waals surface area contributed by atoms with Gasteiger partial charge in [-0.1, -0.05) is 0 Å². The van der Waals surface area contributed by atoms with Gasteiger partial charge >= 0.3 is 0 Å². The summed E-state index contributed by atoms with van der Waals surface area (Å²) in [7, 11) is 0. The molecule has 0 fully saturated rings. The monoisotopic (exact) mass is 394 g/mol. The molecule has 3 N–H and O–H groups in total. The summed E-state index contributed by atoms with van der Waals surface area (Å²) in [6.45, 7) is 0. The van der Waals surface area contributed by atoms with Gasteiger partial charge in [-0.3, -0.25) is 0 Å². The van der Waals surface area contributed by atoms with Crippen LogP contribution in [0.15, 0.2) is 12.5 Å². The molecule has 4 nitrogen and oxygen atoms in total. The first-order valence-corrected chi connectivity index (χ1v) is 3.01. The van der Waals surface area contributed by atoms with Crippen LogP contribution in [0.5, 0.6) is 0 Å². The van der Waals surface area contributed by atoms with E-state index in [-0.39, 0.29) is 92.8 Å². The molecule has 0 spiro atoms. The number of aromatic nitrogens is 2. The Bertz CT molecular complexity index is 209. The number of nitrogens with two attached hydrogens (primary N) is 1. The Labute approximate surface area is 148 Å². The molecule has 0 aliphatic heterocycles. The summed E-state index contributed by atoms with van der Waals surface area (Å²) < 4.78 is 0. The molecule has 0 unspecified atom stereocenters. The largest absolute Gasteiger partial charge is 0.348 e. The number of hydrogen-bond donors (Lipinski definition) is 2. The van der Waals surface area contributed by atoms with Gasteiger partial charge in [-0.05, 0) is 0 Å². The molecule has 1 aromatic rings. The molecule has 0 bridgehead atoms. The van der Waals surface area contributed by atoms with Crippen molar-refractivity contribution >= 4 is 6.29 Å². The van der Waals surface area contributed by atoms with E-state index in [9.17, 15) is 4.79 Å². The molecule has 1 rings (SSSR count). The molecule has 0 aliphatic rings. The minimum Gasteiger partial charge on any atom is -0.348 e. The standard InChI is InChI=1S/C6H9N3O.5V/c7-5(3-10)1-6-2-8-4-9-6;;;;;/h2-5H,1,7H2,(H,8,9);;;;;/t5-;;;;;/m1...../s1. The van der Waals surface area contributed by atoms with Crippen molar-refractivity contribution < 1.29 is 97.6 Å². The number of hydrogen-bond acceptors (Lipinski definition) is 3. The maximum Gasteiger partial charge on any atom is 0.137 e. The predicted octanol–water partition coefficient (Wildman–Crippen LogP) is -0.534. The van der Waals surface area contributed by atoms with Crippen LogP contribution in [-0.4, -0.2) is 22.3 Å². The van der Waals surface area contributed by atoms with Gasteiger partial charge < -0.3 is 15.5 Å². The summed E-state index contributed by atoms with van der Waals surface area (Å²) in [4.78, 5) is 16.7. The van der Waals surface area contributed by atoms with Gasteiger partial charge in [0.1, 0.15) is 6.29 Å². The van der Waals surface area contributed by atoms with Crippen molar-refractivity contribution in [2.24, 2.45) is 5.73 Å². The summed E-state index contributed by atoms with van der Waals surface area (Å²) in [5, 5.41) is 0. The first-order chi connectivity index (χ1) is 4.83. The minimum atomic E-state index is -0.416. The van der Waals surface area contributed by atoms with Crippen LogP contribution in [0.1, 0.15) is 5.69 Å². The maximum absolute atomic E-state index is 10.1. The summed E-state index contributed by atoms with van der Waals surface area (Å²) in [5.41, 5.74) is 6.24. The van der Waals surface area contributed by atoms with E-state index in [4.69, 9.17) is 5.73 Å². The topological polar surface area (TPSA) is 71.8 Å². The average molecular weight is 394 g/mol. The maximum atomic E-state index is 10.1. The van der Waals surface area contributed by atoms with Gasteiger partial charge in [0.25, 0.3) is 0 Å². The van der Waals surface area contributed by atoms with Crippen molar-refractivity contribution in [3.63, 3.8) is 0 Å². The van der Waals surface area contributed by atoms with E-state index in [1.807, 2.05) is 0 Å². The van der Waals surface area contributed by atoms with Gasteiger partial charge in [-0.2, -0.15) is 0 Å². The number of nitrogens with zero attached hydrogens (tertiary/aromatic N) is 1. The Morgan fingerprint density at radius 2 is 1.87 bits per heavy atom. The molecule has 0 saturated heterocycles. The fraction of sp³-hybridized carbons (Fsp3) is 0.333. The Morgan fingerprint density at radius 1 is 1.33 bits per heavy atom. The van der Waals surface area contributed by atoms with Crippen molar-refractivity contribution in [2.45, 2.75) is 12.5 Å². The molecule has 0 aromatic carbocycles. The molecule has 5 radical (unpaired) electrons. The van der Waals surface area contributed by atoms with Crippen molar-refractivity contribution in [1.82, 2.24) is 9.97 Å². The summed E-state index contributed by atoms with van der Waals surface area (Å²) >= 11 is 0. The second-order valence-corrected chi connectivity index (χ2v) is 2.08. The fourth-order valence-corrected chi connectivity index (χ4v) is 0.698. The van der Waals surface area contributed by atoms with Gasteiger partial charge in [-0.15, -0.1) is 0 Å². The van der Waals surface area contributed by atoms with E-state index in [2.05, 4.69) is 9.97 Å². The Balaban J connectivity index is -0.0000000667. The zero-order valence-corrected chi connectivity index (χ0v) is 14.7. The molecule has 79 valence electrons. The Hall–Kier alpha value is 1.76. The van der Waals surface area contributed by atoms with E-state index in [0.717, 1.165) is 12.0 Å². The molecule has 0 saturated carbocycles. The third-order valence-corrected chi connectivity index (χ3v) is 1.19. The van der Waals surface area contributed by atoms with Crippen LogP contribution >= 0.6 is 0 Å². The molecule has 0 aliphatic carbocycles. The van der Waals surface area contributed by atoms with Crippen LogP contribution in [0.25, 0.3) is 0 Å². The van der Waals surface area contributed by atoms with Crippen LogP contribution in [0, 0.1) is 0 Å². The first kappa shape index (κ1) is 30.1. The number of aldehydes is 1. The van der Waals surface area contributed by atoms with Crippen LogP contribution in [0.4, 0.5) is 0 Å². The summed E-state index contributed by atoms with van der Waals surface area (Å²) in [6.07, 6.45) is 4.47. The number of H-pyrrole nitrogens is 1. The number of carbonyl (C=O) groups excluding carboxylic acids is 1. The molecule has 1 heterocycles. The number of nitrogens with one attached hydrogen (secondary N) is 1. The van der Waals surface area contributed by atoms with Crippen LogP contribution in [-0.2, 0) is 104 Å². The Kier molecular flexibility index (Phi) is 36.4. The van der Waals surface area contributed by atoms with Gasteiger partial charge in [0.15, 0.2) is 0 Å². The third-order valence-electron chi connectivity index (χ3n) is 1.19. The van der Waals surface area contributed by atoms with Crippen LogP contribution in [0.3, 0.4) is 0 Å².